The van der Waals surface area contributed by atoms with Gasteiger partial charge in [-0.25, -0.2) is 0 Å². The molecule has 4 rings (SSSR count). The number of hydrogen-bond donors (Lipinski definition) is 1. The van der Waals surface area contributed by atoms with Crippen LogP contribution in [0.5, 0.6) is 5.75 Å². The minimum Gasteiger partial charge on any atom is -0.493 e. The quantitative estimate of drug-likeness (QED) is 0.747. The van der Waals surface area contributed by atoms with Gasteiger partial charge in [-0.05, 0) is 37.0 Å². The first-order chi connectivity index (χ1) is 11.5. The van der Waals surface area contributed by atoms with E-state index in [2.05, 4.69) is 5.10 Å². The van der Waals surface area contributed by atoms with Crippen molar-refractivity contribution in [3.05, 3.63) is 40.9 Å². The maximum atomic E-state index is 12.4. The van der Waals surface area contributed by atoms with Gasteiger partial charge in [0.15, 0.2) is 0 Å². The summed E-state index contributed by atoms with van der Waals surface area (Å²) in [6.45, 7) is 0.716. The molecular weight excluding hydrogens is 304 g/mol. The Labute approximate surface area is 139 Å². The first-order valence-corrected chi connectivity index (χ1v) is 8.08. The minimum absolute atomic E-state index is 0.0637. The second-order valence-corrected chi connectivity index (χ2v) is 6.53. The molecule has 1 aromatic carbocycles. The number of ether oxygens (including phenoxy) is 1. The van der Waals surface area contributed by atoms with Crippen LogP contribution >= 0.6 is 0 Å². The zero-order chi connectivity index (χ0) is 16.8. The van der Waals surface area contributed by atoms with Crippen molar-refractivity contribution in [2.75, 3.05) is 12.3 Å². The summed E-state index contributed by atoms with van der Waals surface area (Å²) in [4.78, 5) is 12.4. The summed E-state index contributed by atoms with van der Waals surface area (Å²) >= 11 is 0. The summed E-state index contributed by atoms with van der Waals surface area (Å²) in [6, 6.07) is 5.62. The number of nitrogen functional groups attached to an aromatic ring is 1. The second kappa shape index (κ2) is 5.40. The number of rotatable bonds is 4. The lowest BCUT2D eigenvalue weighted by molar-refractivity contribution is 0.301. The van der Waals surface area contributed by atoms with Crippen LogP contribution in [-0.2, 0) is 14.1 Å². The summed E-state index contributed by atoms with van der Waals surface area (Å²) in [5, 5.41) is 5.07. The highest BCUT2D eigenvalue weighted by Gasteiger charge is 2.23. The van der Waals surface area contributed by atoms with Crippen molar-refractivity contribution in [2.24, 2.45) is 20.0 Å². The maximum Gasteiger partial charge on any atom is 0.261 e. The van der Waals surface area contributed by atoms with Crippen LogP contribution in [0.25, 0.3) is 22.0 Å². The van der Waals surface area contributed by atoms with Gasteiger partial charge in [0.25, 0.3) is 5.56 Å². The van der Waals surface area contributed by atoms with Gasteiger partial charge in [0.1, 0.15) is 11.3 Å². The van der Waals surface area contributed by atoms with E-state index in [0.717, 1.165) is 16.9 Å². The standard InChI is InChI=1S/C18H20N4O2/c1-21-8-14(17-15(18(21)23)9-22(2)20-17)13-7-12(19)5-6-16(13)24-10-11-3-4-11/h5-9,11H,3-4,10,19H2,1-2H3. The normalized spacial score (nSPS) is 14.2. The lowest BCUT2D eigenvalue weighted by Crippen LogP contribution is -2.16. The molecular formula is C18H20N4O2. The largest absolute Gasteiger partial charge is 0.493 e. The Bertz CT molecular complexity index is 983. The lowest BCUT2D eigenvalue weighted by Gasteiger charge is -2.13. The maximum absolute atomic E-state index is 12.4. The third-order valence-electron chi connectivity index (χ3n) is 4.42. The number of pyridine rings is 1. The number of aromatic nitrogens is 3. The SMILES string of the molecule is Cn1cc2c(=O)n(C)cc(-c3cc(N)ccc3OCC3CC3)c2n1. The molecule has 0 amide bonds. The van der Waals surface area contributed by atoms with Crippen molar-refractivity contribution >= 4 is 16.6 Å². The summed E-state index contributed by atoms with van der Waals surface area (Å²) in [5.74, 6) is 1.44. The topological polar surface area (TPSA) is 75.1 Å². The van der Waals surface area contributed by atoms with E-state index in [1.807, 2.05) is 25.2 Å². The third kappa shape index (κ3) is 2.54. The van der Waals surface area contributed by atoms with E-state index < -0.39 is 0 Å². The van der Waals surface area contributed by atoms with Gasteiger partial charge in [-0.2, -0.15) is 5.10 Å². The van der Waals surface area contributed by atoms with Crippen molar-refractivity contribution in [1.29, 1.82) is 0 Å². The molecule has 1 saturated carbocycles. The number of benzene rings is 1. The van der Waals surface area contributed by atoms with Crippen molar-refractivity contribution in [2.45, 2.75) is 12.8 Å². The number of nitrogens with zero attached hydrogens (tertiary/aromatic N) is 3. The van der Waals surface area contributed by atoms with Crippen LogP contribution in [0.3, 0.4) is 0 Å². The first-order valence-electron chi connectivity index (χ1n) is 8.08. The van der Waals surface area contributed by atoms with Crippen LogP contribution in [-0.4, -0.2) is 21.0 Å². The van der Waals surface area contributed by atoms with Crippen LogP contribution in [0.1, 0.15) is 12.8 Å². The van der Waals surface area contributed by atoms with Gasteiger partial charge in [0.2, 0.25) is 0 Å². The van der Waals surface area contributed by atoms with Gasteiger partial charge in [-0.15, -0.1) is 0 Å². The minimum atomic E-state index is -0.0637. The molecule has 0 saturated heterocycles. The number of nitrogens with two attached hydrogens (primary N) is 1. The first kappa shape index (κ1) is 14.8. The van der Waals surface area contributed by atoms with Crippen LogP contribution in [0.4, 0.5) is 5.69 Å². The molecule has 24 heavy (non-hydrogen) atoms. The van der Waals surface area contributed by atoms with Crippen LogP contribution < -0.4 is 16.0 Å². The predicted octanol–water partition coefficient (Wildman–Crippen LogP) is 2.31. The van der Waals surface area contributed by atoms with Crippen LogP contribution in [0, 0.1) is 5.92 Å². The summed E-state index contributed by atoms with van der Waals surface area (Å²) < 4.78 is 9.25. The average molecular weight is 324 g/mol. The van der Waals surface area contributed by atoms with E-state index >= 15 is 0 Å². The van der Waals surface area contributed by atoms with Crippen LogP contribution in [0.15, 0.2) is 35.4 Å². The Balaban J connectivity index is 1.91. The average Bonchev–Trinajstić information content (AvgIpc) is 3.30. The number of fused-ring (bicyclic) bond motifs is 1. The lowest BCUT2D eigenvalue weighted by atomic mass is 10.0. The van der Waals surface area contributed by atoms with E-state index in [1.165, 1.54) is 12.8 Å². The van der Waals surface area contributed by atoms with Gasteiger partial charge in [-0.3, -0.25) is 9.48 Å². The fourth-order valence-corrected chi connectivity index (χ4v) is 2.92. The zero-order valence-electron chi connectivity index (χ0n) is 13.8. The molecule has 2 aromatic heterocycles. The van der Waals surface area contributed by atoms with Crippen LogP contribution in [0.2, 0.25) is 0 Å². The molecule has 3 aromatic rings. The van der Waals surface area contributed by atoms with Gasteiger partial charge in [-0.1, -0.05) is 0 Å². The van der Waals surface area contributed by atoms with E-state index in [0.29, 0.717) is 29.1 Å². The fourth-order valence-electron chi connectivity index (χ4n) is 2.92. The monoisotopic (exact) mass is 324 g/mol. The van der Waals surface area contributed by atoms with Crippen molar-refractivity contribution in [3.63, 3.8) is 0 Å². The molecule has 6 nitrogen and oxygen atoms in total. The molecule has 2 N–H and O–H groups in total. The highest BCUT2D eigenvalue weighted by Crippen LogP contribution is 2.37. The Morgan fingerprint density at radius 1 is 1.25 bits per heavy atom. The number of aryl methyl sites for hydroxylation is 2. The van der Waals surface area contributed by atoms with E-state index in [9.17, 15) is 4.79 Å². The Morgan fingerprint density at radius 3 is 2.79 bits per heavy atom. The smallest absolute Gasteiger partial charge is 0.261 e. The van der Waals surface area contributed by atoms with Crippen molar-refractivity contribution in [1.82, 2.24) is 14.3 Å². The molecule has 0 radical (unpaired) electrons. The molecule has 0 bridgehead atoms. The molecule has 0 atom stereocenters. The molecule has 6 heteroatoms. The van der Waals surface area contributed by atoms with Gasteiger partial charge in [0, 0.05) is 43.3 Å². The molecule has 1 fully saturated rings. The number of anilines is 1. The molecule has 0 spiro atoms. The van der Waals surface area contributed by atoms with Gasteiger partial charge in [0.05, 0.1) is 12.0 Å². The highest BCUT2D eigenvalue weighted by molar-refractivity contribution is 5.94. The summed E-state index contributed by atoms with van der Waals surface area (Å²) in [5.41, 5.74) is 8.98. The van der Waals surface area contributed by atoms with Crippen molar-refractivity contribution < 1.29 is 4.74 Å². The molecule has 0 unspecified atom stereocenters. The van der Waals surface area contributed by atoms with E-state index in [-0.39, 0.29) is 5.56 Å². The third-order valence-corrected chi connectivity index (χ3v) is 4.42. The van der Waals surface area contributed by atoms with Gasteiger partial charge < -0.3 is 15.0 Å². The Morgan fingerprint density at radius 2 is 2.04 bits per heavy atom. The predicted molar refractivity (Wildman–Crippen MR) is 94.0 cm³/mol. The molecule has 1 aliphatic carbocycles. The molecule has 0 aliphatic heterocycles. The summed E-state index contributed by atoms with van der Waals surface area (Å²) in [6.07, 6.45) is 6.01. The molecule has 124 valence electrons. The van der Waals surface area contributed by atoms with E-state index in [1.54, 1.807) is 28.7 Å². The molecule has 2 heterocycles. The highest BCUT2D eigenvalue weighted by atomic mass is 16.5. The van der Waals surface area contributed by atoms with E-state index in [4.69, 9.17) is 10.5 Å². The summed E-state index contributed by atoms with van der Waals surface area (Å²) in [7, 11) is 3.56. The van der Waals surface area contributed by atoms with Crippen molar-refractivity contribution in [3.8, 4) is 16.9 Å². The number of hydrogen-bond acceptors (Lipinski definition) is 4. The zero-order valence-corrected chi connectivity index (χ0v) is 13.8. The fraction of sp³-hybridized carbons (Fsp3) is 0.333. The Kier molecular flexibility index (Phi) is 3.33. The Hall–Kier alpha value is -2.76. The second-order valence-electron chi connectivity index (χ2n) is 6.53. The molecule has 1 aliphatic rings. The van der Waals surface area contributed by atoms with Gasteiger partial charge >= 0.3 is 0 Å².